The van der Waals surface area contributed by atoms with E-state index >= 15 is 0 Å². The molecule has 0 spiro atoms. The van der Waals surface area contributed by atoms with Gasteiger partial charge >= 0.3 is 6.18 Å². The van der Waals surface area contributed by atoms with E-state index < -0.39 is 17.8 Å². The highest BCUT2D eigenvalue weighted by Gasteiger charge is 2.42. The number of alkyl halides is 3. The van der Waals surface area contributed by atoms with Gasteiger partial charge in [0, 0.05) is 0 Å². The van der Waals surface area contributed by atoms with Gasteiger partial charge in [-0.2, -0.15) is 18.3 Å². The van der Waals surface area contributed by atoms with Crippen LogP contribution in [0.15, 0.2) is 43.1 Å². The van der Waals surface area contributed by atoms with Crippen molar-refractivity contribution in [2.45, 2.75) is 18.6 Å². The predicted molar refractivity (Wildman–Crippen MR) is 75.0 cm³/mol. The zero-order chi connectivity index (χ0) is 16.3. The Hall–Kier alpha value is -2.44. The Morgan fingerprint density at radius 2 is 2.00 bits per heavy atom. The summed E-state index contributed by atoms with van der Waals surface area (Å²) in [6, 6.07) is 6.84. The molecule has 1 unspecified atom stereocenters. The van der Waals surface area contributed by atoms with Crippen LogP contribution in [-0.2, 0) is 6.54 Å². The van der Waals surface area contributed by atoms with Gasteiger partial charge in [-0.15, -0.1) is 6.58 Å². The minimum atomic E-state index is -4.54. The molecular weight excluding hydrogens is 297 g/mol. The van der Waals surface area contributed by atoms with Gasteiger partial charge < -0.3 is 9.84 Å². The average molecular weight is 312 g/mol. The molecule has 0 aliphatic rings. The van der Waals surface area contributed by atoms with Crippen molar-refractivity contribution >= 4 is 0 Å². The van der Waals surface area contributed by atoms with Crippen LogP contribution in [0.25, 0.3) is 0 Å². The van der Waals surface area contributed by atoms with Crippen molar-refractivity contribution in [3.05, 3.63) is 54.4 Å². The molecule has 1 aromatic carbocycles. The molecule has 0 saturated heterocycles. The number of nitrogens with zero attached hydrogens (tertiary/aromatic N) is 2. The maximum atomic E-state index is 13.0. The number of hydrogen-bond donors (Lipinski definition) is 1. The van der Waals surface area contributed by atoms with E-state index in [-0.39, 0.29) is 12.2 Å². The van der Waals surface area contributed by atoms with E-state index in [1.165, 1.54) is 7.11 Å². The molecule has 0 aliphatic heterocycles. The fourth-order valence-electron chi connectivity index (χ4n) is 2.13. The summed E-state index contributed by atoms with van der Waals surface area (Å²) in [7, 11) is 1.52. The Morgan fingerprint density at radius 3 is 2.50 bits per heavy atom. The van der Waals surface area contributed by atoms with Crippen LogP contribution in [-0.4, -0.2) is 28.2 Å². The molecule has 4 nitrogen and oxygen atoms in total. The summed E-state index contributed by atoms with van der Waals surface area (Å²) in [5.41, 5.74) is 0.411. The van der Waals surface area contributed by atoms with Gasteiger partial charge in [0.05, 0.1) is 25.5 Å². The second-order valence-electron chi connectivity index (χ2n) is 4.68. The molecule has 2 rings (SSSR count). The van der Waals surface area contributed by atoms with Crippen molar-refractivity contribution in [2.75, 3.05) is 7.11 Å². The van der Waals surface area contributed by atoms with Gasteiger partial charge in [0.1, 0.15) is 11.7 Å². The minimum Gasteiger partial charge on any atom is -0.504 e. The number of ether oxygens (including phenoxy) is 1. The first-order chi connectivity index (χ1) is 10.4. The van der Waals surface area contributed by atoms with Crippen LogP contribution >= 0.6 is 0 Å². The minimum absolute atomic E-state index is 0.0975. The largest absolute Gasteiger partial charge is 0.504 e. The lowest BCUT2D eigenvalue weighted by Gasteiger charge is -2.18. The Bertz CT molecular complexity index is 648. The van der Waals surface area contributed by atoms with Crippen molar-refractivity contribution in [2.24, 2.45) is 0 Å². The van der Waals surface area contributed by atoms with Crippen molar-refractivity contribution in [1.29, 1.82) is 0 Å². The van der Waals surface area contributed by atoms with Gasteiger partial charge in [-0.05, 0) is 17.7 Å². The van der Waals surface area contributed by atoms with Crippen molar-refractivity contribution in [1.82, 2.24) is 9.78 Å². The van der Waals surface area contributed by atoms with Gasteiger partial charge in [0.15, 0.2) is 5.75 Å². The molecular formula is C15H15F3N2O2. The predicted octanol–water partition coefficient (Wildman–Crippen LogP) is 3.48. The number of allylic oxidation sites excluding steroid dienone is 1. The summed E-state index contributed by atoms with van der Waals surface area (Å²) in [5, 5.41) is 13.5. The topological polar surface area (TPSA) is 47.3 Å². The second kappa shape index (κ2) is 6.13. The monoisotopic (exact) mass is 312 g/mol. The number of halogens is 3. The quantitative estimate of drug-likeness (QED) is 0.860. The van der Waals surface area contributed by atoms with Crippen molar-refractivity contribution < 1.29 is 23.0 Å². The fraction of sp³-hybridized carbons (Fsp3) is 0.267. The average Bonchev–Trinajstić information content (AvgIpc) is 2.81. The number of aromatic hydroxyl groups is 1. The molecule has 7 heteroatoms. The third-order valence-electron chi connectivity index (χ3n) is 3.23. The van der Waals surface area contributed by atoms with Gasteiger partial charge in [0.25, 0.3) is 0 Å². The molecule has 118 valence electrons. The Kier molecular flexibility index (Phi) is 4.44. The summed E-state index contributed by atoms with van der Waals surface area (Å²) in [6.45, 7) is 3.30. The molecule has 0 saturated carbocycles. The molecule has 1 heterocycles. The molecule has 1 aromatic heterocycles. The van der Waals surface area contributed by atoms with E-state index in [0.29, 0.717) is 5.75 Å². The lowest BCUT2D eigenvalue weighted by molar-refractivity contribution is -0.141. The standard InChI is InChI=1S/C15H15F3N2O2/c1-3-12(15(16,17)18)14-13(21)8-19-20(14)9-10-4-6-11(22-2)7-5-10/h3-8,12,21H,1,9H2,2H3. The van der Waals surface area contributed by atoms with Gasteiger partial charge in [-0.1, -0.05) is 18.2 Å². The normalized spacial score (nSPS) is 12.9. The number of rotatable bonds is 5. The summed E-state index contributed by atoms with van der Waals surface area (Å²) in [5.74, 6) is -1.84. The van der Waals surface area contributed by atoms with Gasteiger partial charge in [-0.25, -0.2) is 0 Å². The summed E-state index contributed by atoms with van der Waals surface area (Å²) in [4.78, 5) is 0. The van der Waals surface area contributed by atoms with E-state index in [4.69, 9.17) is 4.74 Å². The van der Waals surface area contributed by atoms with Crippen LogP contribution in [0.4, 0.5) is 13.2 Å². The number of benzene rings is 1. The summed E-state index contributed by atoms with van der Waals surface area (Å²) in [6.07, 6.45) is -2.79. The zero-order valence-corrected chi connectivity index (χ0v) is 11.8. The van der Waals surface area contributed by atoms with Crippen LogP contribution < -0.4 is 4.74 Å². The summed E-state index contributed by atoms with van der Waals surface area (Å²) < 4.78 is 45.3. The molecule has 1 N–H and O–H groups in total. The fourth-order valence-corrected chi connectivity index (χ4v) is 2.13. The number of hydrogen-bond acceptors (Lipinski definition) is 3. The summed E-state index contributed by atoms with van der Waals surface area (Å²) >= 11 is 0. The van der Waals surface area contributed by atoms with Gasteiger partial charge in [0.2, 0.25) is 0 Å². The van der Waals surface area contributed by atoms with E-state index in [1.807, 2.05) is 0 Å². The third-order valence-corrected chi connectivity index (χ3v) is 3.23. The SMILES string of the molecule is C=CC(c1c(O)cnn1Cc1ccc(OC)cc1)C(F)(F)F. The van der Waals surface area contributed by atoms with E-state index in [1.54, 1.807) is 24.3 Å². The van der Waals surface area contributed by atoms with Crippen LogP contribution in [0, 0.1) is 0 Å². The molecule has 0 aliphatic carbocycles. The molecule has 1 atom stereocenters. The number of aromatic nitrogens is 2. The Morgan fingerprint density at radius 1 is 1.36 bits per heavy atom. The van der Waals surface area contributed by atoms with E-state index in [0.717, 1.165) is 22.5 Å². The number of methoxy groups -OCH3 is 1. The lowest BCUT2D eigenvalue weighted by atomic mass is 10.0. The highest BCUT2D eigenvalue weighted by Crippen LogP contribution is 2.39. The third kappa shape index (κ3) is 3.24. The molecule has 0 amide bonds. The molecule has 0 radical (unpaired) electrons. The zero-order valence-electron chi connectivity index (χ0n) is 11.8. The van der Waals surface area contributed by atoms with E-state index in [9.17, 15) is 18.3 Å². The van der Waals surface area contributed by atoms with E-state index in [2.05, 4.69) is 11.7 Å². The molecule has 0 fully saturated rings. The van der Waals surface area contributed by atoms with Crippen LogP contribution in [0.3, 0.4) is 0 Å². The highest BCUT2D eigenvalue weighted by atomic mass is 19.4. The van der Waals surface area contributed by atoms with Crippen LogP contribution in [0.5, 0.6) is 11.5 Å². The van der Waals surface area contributed by atoms with Crippen LogP contribution in [0.1, 0.15) is 17.2 Å². The molecule has 0 bridgehead atoms. The Balaban J connectivity index is 2.34. The molecule has 2 aromatic rings. The first kappa shape index (κ1) is 15.9. The van der Waals surface area contributed by atoms with Crippen LogP contribution in [0.2, 0.25) is 0 Å². The molecule has 22 heavy (non-hydrogen) atoms. The smallest absolute Gasteiger partial charge is 0.400 e. The lowest BCUT2D eigenvalue weighted by Crippen LogP contribution is -2.22. The maximum Gasteiger partial charge on any atom is 0.400 e. The van der Waals surface area contributed by atoms with Crippen molar-refractivity contribution in [3.8, 4) is 11.5 Å². The highest BCUT2D eigenvalue weighted by molar-refractivity contribution is 5.33. The maximum absolute atomic E-state index is 13.0. The van der Waals surface area contributed by atoms with Crippen molar-refractivity contribution in [3.63, 3.8) is 0 Å². The Labute approximate surface area is 125 Å². The first-order valence-corrected chi connectivity index (χ1v) is 6.43. The second-order valence-corrected chi connectivity index (χ2v) is 4.68. The van der Waals surface area contributed by atoms with Gasteiger partial charge in [-0.3, -0.25) is 4.68 Å². The first-order valence-electron chi connectivity index (χ1n) is 6.43.